The van der Waals surface area contributed by atoms with Crippen LogP contribution in [0.3, 0.4) is 0 Å². The van der Waals surface area contributed by atoms with Crippen molar-refractivity contribution in [2.45, 2.75) is 65.0 Å². The van der Waals surface area contributed by atoms with E-state index in [0.29, 0.717) is 12.0 Å². The van der Waals surface area contributed by atoms with Gasteiger partial charge in [0.05, 0.1) is 6.10 Å². The fraction of sp³-hybridized carbons (Fsp3) is 1.00. The third kappa shape index (κ3) is 4.42. The van der Waals surface area contributed by atoms with Gasteiger partial charge in [-0.05, 0) is 45.1 Å². The topological polar surface area (TPSA) is 23.5 Å². The smallest absolute Gasteiger partial charge is 0.0695 e. The SMILES string of the molecule is CC(C)CC(C)N(C)CC(O)C1CCCC1. The molecule has 0 aromatic carbocycles. The van der Waals surface area contributed by atoms with E-state index in [-0.39, 0.29) is 6.10 Å². The molecule has 1 aliphatic carbocycles. The molecule has 1 saturated carbocycles. The van der Waals surface area contributed by atoms with Gasteiger partial charge in [0.15, 0.2) is 0 Å². The Bertz CT molecular complexity index is 187. The van der Waals surface area contributed by atoms with Crippen molar-refractivity contribution in [3.63, 3.8) is 0 Å². The largest absolute Gasteiger partial charge is 0.392 e. The van der Waals surface area contributed by atoms with Crippen LogP contribution in [0.2, 0.25) is 0 Å². The molecular formula is C14H29NO. The molecule has 2 atom stereocenters. The average Bonchev–Trinajstić information content (AvgIpc) is 2.68. The van der Waals surface area contributed by atoms with Crippen molar-refractivity contribution >= 4 is 0 Å². The summed E-state index contributed by atoms with van der Waals surface area (Å²) in [6, 6.07) is 0.580. The Morgan fingerprint density at radius 1 is 1.19 bits per heavy atom. The van der Waals surface area contributed by atoms with Crippen molar-refractivity contribution in [2.75, 3.05) is 13.6 Å². The molecule has 1 aliphatic rings. The molecular weight excluding hydrogens is 198 g/mol. The first-order valence-corrected chi connectivity index (χ1v) is 6.89. The summed E-state index contributed by atoms with van der Waals surface area (Å²) in [7, 11) is 2.14. The first-order chi connectivity index (χ1) is 7.50. The quantitative estimate of drug-likeness (QED) is 0.754. The van der Waals surface area contributed by atoms with Crippen molar-refractivity contribution in [1.29, 1.82) is 0 Å². The molecule has 1 rings (SSSR count). The number of aliphatic hydroxyl groups excluding tert-OH is 1. The Labute approximate surface area is 101 Å². The molecule has 0 aromatic rings. The third-order valence-electron chi connectivity index (χ3n) is 3.98. The second-order valence-electron chi connectivity index (χ2n) is 6.03. The Balaban J connectivity index is 2.28. The van der Waals surface area contributed by atoms with Gasteiger partial charge in [-0.15, -0.1) is 0 Å². The van der Waals surface area contributed by atoms with E-state index >= 15 is 0 Å². The summed E-state index contributed by atoms with van der Waals surface area (Å²) in [6.07, 6.45) is 6.19. The van der Waals surface area contributed by atoms with Gasteiger partial charge in [0.25, 0.3) is 0 Å². The van der Waals surface area contributed by atoms with Gasteiger partial charge in [0.1, 0.15) is 0 Å². The van der Waals surface area contributed by atoms with Crippen molar-refractivity contribution < 1.29 is 5.11 Å². The highest BCUT2D eigenvalue weighted by atomic mass is 16.3. The van der Waals surface area contributed by atoms with Crippen LogP contribution >= 0.6 is 0 Å². The summed E-state index contributed by atoms with van der Waals surface area (Å²) < 4.78 is 0. The molecule has 0 amide bonds. The first kappa shape index (κ1) is 14.0. The van der Waals surface area contributed by atoms with Gasteiger partial charge in [-0.3, -0.25) is 0 Å². The van der Waals surface area contributed by atoms with E-state index in [2.05, 4.69) is 32.7 Å². The zero-order chi connectivity index (χ0) is 12.1. The summed E-state index contributed by atoms with van der Waals surface area (Å²) in [6.45, 7) is 7.63. The minimum atomic E-state index is -0.109. The molecule has 2 heteroatoms. The van der Waals surface area contributed by atoms with Gasteiger partial charge in [-0.1, -0.05) is 26.7 Å². The average molecular weight is 227 g/mol. The monoisotopic (exact) mass is 227 g/mol. The van der Waals surface area contributed by atoms with Crippen molar-refractivity contribution in [3.8, 4) is 0 Å². The lowest BCUT2D eigenvalue weighted by molar-refractivity contribution is 0.0593. The summed E-state index contributed by atoms with van der Waals surface area (Å²) in [5.74, 6) is 1.30. The second-order valence-corrected chi connectivity index (χ2v) is 6.03. The molecule has 0 aromatic heterocycles. The molecule has 2 unspecified atom stereocenters. The number of aliphatic hydroxyl groups is 1. The molecule has 0 saturated heterocycles. The van der Waals surface area contributed by atoms with E-state index in [1.165, 1.54) is 32.1 Å². The molecule has 16 heavy (non-hydrogen) atoms. The van der Waals surface area contributed by atoms with Crippen LogP contribution < -0.4 is 0 Å². The molecule has 0 radical (unpaired) electrons. The molecule has 96 valence electrons. The van der Waals surface area contributed by atoms with E-state index in [1.54, 1.807) is 0 Å². The summed E-state index contributed by atoms with van der Waals surface area (Å²) in [4.78, 5) is 2.32. The van der Waals surface area contributed by atoms with Gasteiger partial charge in [-0.25, -0.2) is 0 Å². The van der Waals surface area contributed by atoms with E-state index in [9.17, 15) is 5.11 Å². The van der Waals surface area contributed by atoms with Crippen molar-refractivity contribution in [2.24, 2.45) is 11.8 Å². The number of rotatable bonds is 6. The Morgan fingerprint density at radius 2 is 1.75 bits per heavy atom. The van der Waals surface area contributed by atoms with Crippen molar-refractivity contribution in [3.05, 3.63) is 0 Å². The second kappa shape index (κ2) is 6.61. The lowest BCUT2D eigenvalue weighted by Gasteiger charge is -2.30. The van der Waals surface area contributed by atoms with Crippen LogP contribution in [0.25, 0.3) is 0 Å². The van der Waals surface area contributed by atoms with Gasteiger partial charge in [-0.2, -0.15) is 0 Å². The van der Waals surface area contributed by atoms with E-state index in [1.807, 2.05) is 0 Å². The van der Waals surface area contributed by atoms with Gasteiger partial charge >= 0.3 is 0 Å². The fourth-order valence-electron chi connectivity index (χ4n) is 2.83. The minimum Gasteiger partial charge on any atom is -0.392 e. The molecule has 1 fully saturated rings. The maximum atomic E-state index is 10.2. The number of likely N-dealkylation sites (N-methyl/N-ethyl adjacent to an activating group) is 1. The zero-order valence-corrected chi connectivity index (χ0v) is 11.4. The summed E-state index contributed by atoms with van der Waals surface area (Å²) >= 11 is 0. The molecule has 0 spiro atoms. The van der Waals surface area contributed by atoms with Crippen LogP contribution in [0.15, 0.2) is 0 Å². The maximum absolute atomic E-state index is 10.2. The molecule has 2 nitrogen and oxygen atoms in total. The Morgan fingerprint density at radius 3 is 2.25 bits per heavy atom. The highest BCUT2D eigenvalue weighted by Gasteiger charge is 2.25. The van der Waals surface area contributed by atoms with E-state index in [0.717, 1.165) is 12.5 Å². The van der Waals surface area contributed by atoms with Crippen LogP contribution in [-0.4, -0.2) is 35.7 Å². The molecule has 0 bridgehead atoms. The van der Waals surface area contributed by atoms with E-state index in [4.69, 9.17) is 0 Å². The number of nitrogens with zero attached hydrogens (tertiary/aromatic N) is 1. The lowest BCUT2D eigenvalue weighted by atomic mass is 9.99. The predicted octanol–water partition coefficient (Wildman–Crippen LogP) is 2.90. The molecule has 0 aliphatic heterocycles. The zero-order valence-electron chi connectivity index (χ0n) is 11.4. The van der Waals surface area contributed by atoms with Crippen LogP contribution in [0, 0.1) is 11.8 Å². The highest BCUT2D eigenvalue weighted by molar-refractivity contribution is 4.78. The standard InChI is InChI=1S/C14H29NO/c1-11(2)9-12(3)15(4)10-14(16)13-7-5-6-8-13/h11-14,16H,5-10H2,1-4H3. The maximum Gasteiger partial charge on any atom is 0.0695 e. The van der Waals surface area contributed by atoms with Gasteiger partial charge < -0.3 is 10.0 Å². The highest BCUT2D eigenvalue weighted by Crippen LogP contribution is 2.28. The minimum absolute atomic E-state index is 0.109. The number of hydrogen-bond donors (Lipinski definition) is 1. The van der Waals surface area contributed by atoms with Crippen LogP contribution in [0.4, 0.5) is 0 Å². The van der Waals surface area contributed by atoms with Crippen molar-refractivity contribution in [1.82, 2.24) is 4.90 Å². The normalized spacial score (nSPS) is 21.9. The predicted molar refractivity (Wildman–Crippen MR) is 69.5 cm³/mol. The van der Waals surface area contributed by atoms with Crippen LogP contribution in [-0.2, 0) is 0 Å². The lowest BCUT2D eigenvalue weighted by Crippen LogP contribution is -2.39. The first-order valence-electron chi connectivity index (χ1n) is 6.89. The third-order valence-corrected chi connectivity index (χ3v) is 3.98. The number of hydrogen-bond acceptors (Lipinski definition) is 2. The Kier molecular flexibility index (Phi) is 5.77. The van der Waals surface area contributed by atoms with Crippen LogP contribution in [0.5, 0.6) is 0 Å². The fourth-order valence-corrected chi connectivity index (χ4v) is 2.83. The molecule has 1 N–H and O–H groups in total. The molecule has 0 heterocycles. The van der Waals surface area contributed by atoms with Crippen LogP contribution in [0.1, 0.15) is 52.9 Å². The van der Waals surface area contributed by atoms with Gasteiger partial charge in [0.2, 0.25) is 0 Å². The summed E-state index contributed by atoms with van der Waals surface area (Å²) in [5.41, 5.74) is 0. The summed E-state index contributed by atoms with van der Waals surface area (Å²) in [5, 5.41) is 10.2. The van der Waals surface area contributed by atoms with E-state index < -0.39 is 0 Å². The Hall–Kier alpha value is -0.0800. The van der Waals surface area contributed by atoms with Gasteiger partial charge in [0, 0.05) is 12.6 Å².